The Labute approximate surface area is 101 Å². The molecule has 3 nitrogen and oxygen atoms in total. The van der Waals surface area contributed by atoms with Crippen LogP contribution in [-0.2, 0) is 16.0 Å². The first-order chi connectivity index (χ1) is 7.47. The number of hydrogen-bond donors (Lipinski definition) is 1. The molecule has 1 aromatic rings. The molecule has 1 N–H and O–H groups in total. The van der Waals surface area contributed by atoms with E-state index in [0.29, 0.717) is 4.47 Å². The van der Waals surface area contributed by atoms with E-state index < -0.39 is 17.9 Å². The molecule has 0 heterocycles. The van der Waals surface area contributed by atoms with Gasteiger partial charge < -0.3 is 9.84 Å². The Morgan fingerprint density at radius 1 is 1.62 bits per heavy atom. The van der Waals surface area contributed by atoms with E-state index in [1.54, 1.807) is 13.0 Å². The molecule has 0 spiro atoms. The van der Waals surface area contributed by atoms with Crippen LogP contribution < -0.4 is 0 Å². The summed E-state index contributed by atoms with van der Waals surface area (Å²) in [6.45, 7) is 1.80. The van der Waals surface area contributed by atoms with Crippen molar-refractivity contribution in [3.05, 3.63) is 33.5 Å². The maximum absolute atomic E-state index is 13.5. The highest BCUT2D eigenvalue weighted by Crippen LogP contribution is 2.25. The summed E-state index contributed by atoms with van der Waals surface area (Å²) in [5.41, 5.74) is 1.12. The third-order valence-electron chi connectivity index (χ3n) is 2.25. The Kier molecular flexibility index (Phi) is 4.44. The molecule has 0 aliphatic heterocycles. The SMILES string of the molecule is COC(=O)C(O)Cc1c(F)ccc(C)c1Br. The molecule has 1 unspecified atom stereocenters. The number of methoxy groups -OCH3 is 1. The van der Waals surface area contributed by atoms with Gasteiger partial charge in [0, 0.05) is 16.5 Å². The van der Waals surface area contributed by atoms with Crippen LogP contribution >= 0.6 is 15.9 Å². The van der Waals surface area contributed by atoms with Gasteiger partial charge in [-0.25, -0.2) is 9.18 Å². The molecule has 1 rings (SSSR count). The summed E-state index contributed by atoms with van der Waals surface area (Å²) < 4.78 is 18.4. The van der Waals surface area contributed by atoms with E-state index in [1.165, 1.54) is 13.2 Å². The number of hydrogen-bond acceptors (Lipinski definition) is 3. The van der Waals surface area contributed by atoms with Crippen molar-refractivity contribution >= 4 is 21.9 Å². The van der Waals surface area contributed by atoms with E-state index in [2.05, 4.69) is 20.7 Å². The van der Waals surface area contributed by atoms with Crippen molar-refractivity contribution in [2.45, 2.75) is 19.4 Å². The number of esters is 1. The molecule has 0 aliphatic carbocycles. The third-order valence-corrected chi connectivity index (χ3v) is 3.35. The quantitative estimate of drug-likeness (QED) is 0.866. The lowest BCUT2D eigenvalue weighted by molar-refractivity contribution is -0.150. The number of carbonyl (C=O) groups is 1. The molecule has 0 saturated carbocycles. The van der Waals surface area contributed by atoms with Crippen LogP contribution in [0, 0.1) is 12.7 Å². The molecule has 5 heteroatoms. The Bertz CT molecular complexity index is 406. The topological polar surface area (TPSA) is 46.5 Å². The monoisotopic (exact) mass is 290 g/mol. The van der Waals surface area contributed by atoms with Gasteiger partial charge in [0.2, 0.25) is 0 Å². The van der Waals surface area contributed by atoms with Crippen LogP contribution in [0.2, 0.25) is 0 Å². The van der Waals surface area contributed by atoms with Crippen LogP contribution in [0.1, 0.15) is 11.1 Å². The number of ether oxygens (including phenoxy) is 1. The van der Waals surface area contributed by atoms with Gasteiger partial charge in [-0.15, -0.1) is 0 Å². The number of benzene rings is 1. The number of aliphatic hydroxyl groups excluding tert-OH is 1. The average molecular weight is 291 g/mol. The van der Waals surface area contributed by atoms with Crippen LogP contribution in [0.4, 0.5) is 4.39 Å². The first-order valence-corrected chi connectivity index (χ1v) is 5.46. The number of rotatable bonds is 3. The highest BCUT2D eigenvalue weighted by molar-refractivity contribution is 9.10. The largest absolute Gasteiger partial charge is 0.467 e. The summed E-state index contributed by atoms with van der Waals surface area (Å²) in [4.78, 5) is 11.0. The maximum Gasteiger partial charge on any atom is 0.335 e. The molecule has 0 aromatic heterocycles. The summed E-state index contributed by atoms with van der Waals surface area (Å²) in [6, 6.07) is 2.92. The van der Waals surface area contributed by atoms with Crippen molar-refractivity contribution in [3.8, 4) is 0 Å². The van der Waals surface area contributed by atoms with E-state index in [9.17, 15) is 14.3 Å². The van der Waals surface area contributed by atoms with E-state index in [4.69, 9.17) is 0 Å². The Morgan fingerprint density at radius 3 is 2.81 bits per heavy atom. The minimum absolute atomic E-state index is 0.110. The zero-order valence-electron chi connectivity index (χ0n) is 8.96. The van der Waals surface area contributed by atoms with E-state index >= 15 is 0 Å². The van der Waals surface area contributed by atoms with Crippen LogP contribution in [0.3, 0.4) is 0 Å². The van der Waals surface area contributed by atoms with Crippen LogP contribution in [0.15, 0.2) is 16.6 Å². The number of carbonyl (C=O) groups excluding carboxylic acids is 1. The van der Waals surface area contributed by atoms with Crippen molar-refractivity contribution in [2.75, 3.05) is 7.11 Å². The normalized spacial score (nSPS) is 12.3. The van der Waals surface area contributed by atoms with Crippen molar-refractivity contribution < 1.29 is 19.0 Å². The van der Waals surface area contributed by atoms with Gasteiger partial charge in [-0.2, -0.15) is 0 Å². The molecule has 0 fully saturated rings. The van der Waals surface area contributed by atoms with Crippen LogP contribution in [0.25, 0.3) is 0 Å². The molecule has 0 aliphatic rings. The summed E-state index contributed by atoms with van der Waals surface area (Å²) in [5, 5.41) is 9.45. The van der Waals surface area contributed by atoms with Gasteiger partial charge in [0.15, 0.2) is 6.10 Å². The van der Waals surface area contributed by atoms with Gasteiger partial charge in [0.05, 0.1) is 7.11 Å². The minimum Gasteiger partial charge on any atom is -0.467 e. The van der Waals surface area contributed by atoms with Gasteiger partial charge in [0.25, 0.3) is 0 Å². The number of halogens is 2. The molecule has 0 saturated heterocycles. The predicted molar refractivity (Wildman–Crippen MR) is 60.6 cm³/mol. The Morgan fingerprint density at radius 2 is 2.25 bits per heavy atom. The Balaban J connectivity index is 2.97. The third kappa shape index (κ3) is 2.80. The van der Waals surface area contributed by atoms with E-state index in [-0.39, 0.29) is 12.0 Å². The average Bonchev–Trinajstić information content (AvgIpc) is 2.28. The zero-order valence-corrected chi connectivity index (χ0v) is 10.5. The molecule has 1 aromatic carbocycles. The lowest BCUT2D eigenvalue weighted by Crippen LogP contribution is -2.24. The van der Waals surface area contributed by atoms with Gasteiger partial charge in [-0.1, -0.05) is 22.0 Å². The van der Waals surface area contributed by atoms with Gasteiger partial charge in [0.1, 0.15) is 5.82 Å². The van der Waals surface area contributed by atoms with E-state index in [0.717, 1.165) is 5.56 Å². The second kappa shape index (κ2) is 5.41. The fraction of sp³-hybridized carbons (Fsp3) is 0.364. The van der Waals surface area contributed by atoms with Gasteiger partial charge >= 0.3 is 5.97 Å². The Hall–Kier alpha value is -0.940. The molecule has 0 amide bonds. The lowest BCUT2D eigenvalue weighted by Gasteiger charge is -2.12. The number of aliphatic hydroxyl groups is 1. The molecule has 88 valence electrons. The molecular weight excluding hydrogens is 279 g/mol. The lowest BCUT2D eigenvalue weighted by atomic mass is 10.0. The fourth-order valence-electron chi connectivity index (χ4n) is 1.31. The highest BCUT2D eigenvalue weighted by atomic mass is 79.9. The standard InChI is InChI=1S/C11H12BrFO3/c1-6-3-4-8(13)7(10(6)12)5-9(14)11(15)16-2/h3-4,9,14H,5H2,1-2H3. The first-order valence-electron chi connectivity index (χ1n) is 4.66. The van der Waals surface area contributed by atoms with Crippen molar-refractivity contribution in [3.63, 3.8) is 0 Å². The predicted octanol–water partition coefficient (Wildman–Crippen LogP) is 1.97. The van der Waals surface area contributed by atoms with E-state index in [1.807, 2.05) is 0 Å². The summed E-state index contributed by atoms with van der Waals surface area (Å²) >= 11 is 3.23. The van der Waals surface area contributed by atoms with Crippen molar-refractivity contribution in [1.82, 2.24) is 0 Å². The smallest absolute Gasteiger partial charge is 0.335 e. The number of aryl methyl sites for hydroxylation is 1. The summed E-state index contributed by atoms with van der Waals surface area (Å²) in [7, 11) is 1.17. The minimum atomic E-state index is -1.35. The van der Waals surface area contributed by atoms with Crippen molar-refractivity contribution in [1.29, 1.82) is 0 Å². The maximum atomic E-state index is 13.5. The first kappa shape index (κ1) is 13.1. The van der Waals surface area contributed by atoms with Crippen LogP contribution in [-0.4, -0.2) is 24.3 Å². The second-order valence-corrected chi connectivity index (χ2v) is 4.19. The fourth-order valence-corrected chi connectivity index (χ4v) is 1.80. The molecular formula is C11H12BrFO3. The summed E-state index contributed by atoms with van der Waals surface area (Å²) in [6.07, 6.45) is -1.46. The molecule has 16 heavy (non-hydrogen) atoms. The highest BCUT2D eigenvalue weighted by Gasteiger charge is 2.20. The van der Waals surface area contributed by atoms with Crippen molar-refractivity contribution in [2.24, 2.45) is 0 Å². The van der Waals surface area contributed by atoms with Crippen LogP contribution in [0.5, 0.6) is 0 Å². The molecule has 1 atom stereocenters. The van der Waals surface area contributed by atoms with Gasteiger partial charge in [-0.3, -0.25) is 0 Å². The zero-order chi connectivity index (χ0) is 12.3. The second-order valence-electron chi connectivity index (χ2n) is 3.40. The molecule has 0 bridgehead atoms. The summed E-state index contributed by atoms with van der Waals surface area (Å²) in [5.74, 6) is -1.23. The molecule has 0 radical (unpaired) electrons. The van der Waals surface area contributed by atoms with Gasteiger partial charge in [-0.05, 0) is 18.6 Å².